The van der Waals surface area contributed by atoms with Crippen LogP contribution in [0.15, 0.2) is 22.9 Å². The minimum absolute atomic E-state index is 0.00449. The fourth-order valence-electron chi connectivity index (χ4n) is 2.30. The predicted molar refractivity (Wildman–Crippen MR) is 79.0 cm³/mol. The van der Waals surface area contributed by atoms with E-state index < -0.39 is 0 Å². The molecule has 2 atom stereocenters. The molecule has 0 radical (unpaired) electrons. The van der Waals surface area contributed by atoms with Gasteiger partial charge in [0.15, 0.2) is 0 Å². The molecule has 1 aliphatic carbocycles. The molecule has 1 heterocycles. The van der Waals surface area contributed by atoms with Gasteiger partial charge in [0.2, 0.25) is 0 Å². The molecule has 98 valence electrons. The Morgan fingerprint density at radius 3 is 3.11 bits per heavy atom. The van der Waals surface area contributed by atoms with Crippen LogP contribution >= 0.6 is 27.7 Å². The van der Waals surface area contributed by atoms with Gasteiger partial charge >= 0.3 is 0 Å². The number of nitrogens with one attached hydrogen (secondary N) is 1. The third-order valence-corrected chi connectivity index (χ3v) is 4.81. The van der Waals surface area contributed by atoms with Crippen LogP contribution in [0.3, 0.4) is 0 Å². The van der Waals surface area contributed by atoms with Gasteiger partial charge in [-0.2, -0.15) is 11.8 Å². The minimum atomic E-state index is 0.00449. The number of nitrogens with zero attached hydrogens (tertiary/aromatic N) is 1. The number of rotatable bonds is 3. The molecule has 0 aliphatic heterocycles. The summed E-state index contributed by atoms with van der Waals surface area (Å²) in [6.45, 7) is 0. The summed E-state index contributed by atoms with van der Waals surface area (Å²) in [6, 6.07) is 3.81. The number of aromatic nitrogens is 1. The highest BCUT2D eigenvalue weighted by Gasteiger charge is 2.22. The molecule has 18 heavy (non-hydrogen) atoms. The first-order valence-electron chi connectivity index (χ1n) is 6.14. The van der Waals surface area contributed by atoms with Crippen LogP contribution in [0.2, 0.25) is 0 Å². The Balaban J connectivity index is 1.95. The number of hydrogen-bond acceptors (Lipinski definition) is 3. The molecule has 1 aromatic heterocycles. The average Bonchev–Trinajstić information content (AvgIpc) is 2.39. The zero-order valence-electron chi connectivity index (χ0n) is 10.4. The standard InChI is InChI=1S/C13H17BrN2OS/c1-18-11-4-2-3-10(8-11)16-13(17)9-5-6-15-12(14)7-9/h5-7,10-11H,2-4,8H2,1H3,(H,16,17). The van der Waals surface area contributed by atoms with Crippen molar-refractivity contribution in [1.29, 1.82) is 0 Å². The van der Waals surface area contributed by atoms with E-state index in [1.165, 1.54) is 12.8 Å². The van der Waals surface area contributed by atoms with Gasteiger partial charge in [0, 0.05) is 23.1 Å². The Morgan fingerprint density at radius 2 is 2.39 bits per heavy atom. The first kappa shape index (κ1) is 13.9. The number of thioether (sulfide) groups is 1. The lowest BCUT2D eigenvalue weighted by molar-refractivity contribution is 0.0928. The van der Waals surface area contributed by atoms with Crippen molar-refractivity contribution in [2.24, 2.45) is 0 Å². The lowest BCUT2D eigenvalue weighted by Gasteiger charge is -2.28. The van der Waals surface area contributed by atoms with Crippen LogP contribution in [-0.2, 0) is 0 Å². The lowest BCUT2D eigenvalue weighted by atomic mass is 9.94. The molecule has 5 heteroatoms. The highest BCUT2D eigenvalue weighted by molar-refractivity contribution is 9.10. The van der Waals surface area contributed by atoms with Gasteiger partial charge in [-0.3, -0.25) is 4.79 Å². The molecule has 0 bridgehead atoms. The summed E-state index contributed by atoms with van der Waals surface area (Å²) < 4.78 is 0.695. The summed E-state index contributed by atoms with van der Waals surface area (Å²) in [7, 11) is 0. The Bertz CT molecular complexity index is 427. The molecule has 1 N–H and O–H groups in total. The zero-order chi connectivity index (χ0) is 13.0. The SMILES string of the molecule is CSC1CCCC(NC(=O)c2ccnc(Br)c2)C1. The molecule has 3 nitrogen and oxygen atoms in total. The van der Waals surface area contributed by atoms with Gasteiger partial charge in [-0.15, -0.1) is 0 Å². The van der Waals surface area contributed by atoms with Crippen molar-refractivity contribution in [3.8, 4) is 0 Å². The second-order valence-corrected chi connectivity index (χ2v) is 6.51. The molecular weight excluding hydrogens is 312 g/mol. The van der Waals surface area contributed by atoms with E-state index in [2.05, 4.69) is 32.5 Å². The Kier molecular flexibility index (Phi) is 5.06. The highest BCUT2D eigenvalue weighted by atomic mass is 79.9. The van der Waals surface area contributed by atoms with E-state index in [-0.39, 0.29) is 5.91 Å². The van der Waals surface area contributed by atoms with Crippen molar-refractivity contribution in [3.63, 3.8) is 0 Å². The van der Waals surface area contributed by atoms with E-state index in [0.717, 1.165) is 12.8 Å². The molecule has 2 unspecified atom stereocenters. The van der Waals surface area contributed by atoms with Crippen LogP contribution in [0.5, 0.6) is 0 Å². The van der Waals surface area contributed by atoms with Crippen LogP contribution in [0.25, 0.3) is 0 Å². The summed E-state index contributed by atoms with van der Waals surface area (Å²) in [4.78, 5) is 16.1. The first-order valence-corrected chi connectivity index (χ1v) is 8.22. The van der Waals surface area contributed by atoms with Crippen LogP contribution in [-0.4, -0.2) is 28.4 Å². The number of halogens is 1. The summed E-state index contributed by atoms with van der Waals surface area (Å²) in [5.41, 5.74) is 0.670. The predicted octanol–water partition coefficient (Wildman–Crippen LogP) is 3.25. The van der Waals surface area contributed by atoms with Crippen molar-refractivity contribution in [3.05, 3.63) is 28.5 Å². The smallest absolute Gasteiger partial charge is 0.251 e. The molecule has 1 aromatic rings. The molecule has 0 saturated heterocycles. The Hall–Kier alpha value is -0.550. The fraction of sp³-hybridized carbons (Fsp3) is 0.538. The van der Waals surface area contributed by atoms with Gasteiger partial charge < -0.3 is 5.32 Å². The monoisotopic (exact) mass is 328 g/mol. The van der Waals surface area contributed by atoms with Gasteiger partial charge in [0.25, 0.3) is 5.91 Å². The zero-order valence-corrected chi connectivity index (χ0v) is 12.8. The molecule has 1 saturated carbocycles. The van der Waals surface area contributed by atoms with Gasteiger partial charge in [0.1, 0.15) is 4.60 Å². The van der Waals surface area contributed by atoms with Gasteiger partial charge in [-0.1, -0.05) is 6.42 Å². The maximum Gasteiger partial charge on any atom is 0.251 e. The lowest BCUT2D eigenvalue weighted by Crippen LogP contribution is -2.39. The first-order chi connectivity index (χ1) is 8.69. The highest BCUT2D eigenvalue weighted by Crippen LogP contribution is 2.27. The number of carbonyl (C=O) groups excluding carboxylic acids is 1. The van der Waals surface area contributed by atoms with Crippen molar-refractivity contribution < 1.29 is 4.79 Å². The quantitative estimate of drug-likeness (QED) is 0.866. The molecule has 1 aliphatic rings. The molecule has 2 rings (SSSR count). The maximum atomic E-state index is 12.1. The molecular formula is C13H17BrN2OS. The second kappa shape index (κ2) is 6.57. The van der Waals surface area contributed by atoms with Gasteiger partial charge in [0.05, 0.1) is 0 Å². The van der Waals surface area contributed by atoms with E-state index in [1.807, 2.05) is 11.8 Å². The van der Waals surface area contributed by atoms with Crippen LogP contribution in [0.4, 0.5) is 0 Å². The fourth-order valence-corrected chi connectivity index (χ4v) is 3.49. The van der Waals surface area contributed by atoms with Crippen LogP contribution in [0, 0.1) is 0 Å². The molecule has 1 amide bonds. The van der Waals surface area contributed by atoms with Gasteiger partial charge in [-0.05, 0) is 53.6 Å². The summed E-state index contributed by atoms with van der Waals surface area (Å²) >= 11 is 5.19. The van der Waals surface area contributed by atoms with Crippen molar-refractivity contribution in [2.45, 2.75) is 37.0 Å². The van der Waals surface area contributed by atoms with Crippen molar-refractivity contribution >= 4 is 33.6 Å². The van der Waals surface area contributed by atoms with E-state index >= 15 is 0 Å². The van der Waals surface area contributed by atoms with E-state index in [1.54, 1.807) is 18.3 Å². The topological polar surface area (TPSA) is 42.0 Å². The normalized spacial score (nSPS) is 23.7. The number of pyridine rings is 1. The minimum Gasteiger partial charge on any atom is -0.349 e. The van der Waals surface area contributed by atoms with E-state index in [9.17, 15) is 4.79 Å². The van der Waals surface area contributed by atoms with E-state index in [4.69, 9.17) is 0 Å². The number of amides is 1. The third-order valence-electron chi connectivity index (χ3n) is 3.28. The average molecular weight is 329 g/mol. The van der Waals surface area contributed by atoms with Crippen molar-refractivity contribution in [2.75, 3.05) is 6.26 Å². The molecule has 1 fully saturated rings. The van der Waals surface area contributed by atoms with E-state index in [0.29, 0.717) is 21.5 Å². The maximum absolute atomic E-state index is 12.1. The summed E-state index contributed by atoms with van der Waals surface area (Å²) in [6.07, 6.45) is 8.44. The van der Waals surface area contributed by atoms with Crippen LogP contribution < -0.4 is 5.32 Å². The Labute approximate surface area is 120 Å². The summed E-state index contributed by atoms with van der Waals surface area (Å²) in [5, 5.41) is 3.81. The Morgan fingerprint density at radius 1 is 1.56 bits per heavy atom. The molecule has 0 aromatic carbocycles. The van der Waals surface area contributed by atoms with Gasteiger partial charge in [-0.25, -0.2) is 4.98 Å². The third kappa shape index (κ3) is 3.72. The number of carbonyl (C=O) groups is 1. The largest absolute Gasteiger partial charge is 0.349 e. The van der Waals surface area contributed by atoms with Crippen molar-refractivity contribution in [1.82, 2.24) is 10.3 Å². The number of hydrogen-bond donors (Lipinski definition) is 1. The second-order valence-electron chi connectivity index (χ2n) is 4.56. The van der Waals surface area contributed by atoms with Crippen LogP contribution in [0.1, 0.15) is 36.0 Å². The summed E-state index contributed by atoms with van der Waals surface area (Å²) in [5.74, 6) is 0.00449. The molecule has 0 spiro atoms.